The minimum atomic E-state index is 0.119. The van der Waals surface area contributed by atoms with Gasteiger partial charge in [0.2, 0.25) is 0 Å². The van der Waals surface area contributed by atoms with Gasteiger partial charge in [0.1, 0.15) is 5.82 Å². The molecule has 0 fully saturated rings. The van der Waals surface area contributed by atoms with E-state index in [-0.39, 0.29) is 6.61 Å². The van der Waals surface area contributed by atoms with Crippen LogP contribution in [0.1, 0.15) is 25.5 Å². The zero-order chi connectivity index (χ0) is 25.9. The van der Waals surface area contributed by atoms with Crippen LogP contribution in [0.25, 0.3) is 11.2 Å². The number of fused-ring (bicyclic) bond motifs is 1. The van der Waals surface area contributed by atoms with Crippen LogP contribution in [-0.4, -0.2) is 32.9 Å². The first-order valence-corrected chi connectivity index (χ1v) is 13.7. The van der Waals surface area contributed by atoms with Gasteiger partial charge in [-0.25, -0.2) is 4.98 Å². The average Bonchev–Trinajstić information content (AvgIpc) is 3.11. The van der Waals surface area contributed by atoms with E-state index in [0.717, 1.165) is 50.6 Å². The number of hydrogen-bond acceptors (Lipinski definition) is 6. The van der Waals surface area contributed by atoms with Crippen LogP contribution in [0.3, 0.4) is 0 Å². The highest BCUT2D eigenvalue weighted by Crippen LogP contribution is 2.27. The molecule has 3 N–H and O–H groups in total. The van der Waals surface area contributed by atoms with Crippen molar-refractivity contribution in [2.24, 2.45) is 0 Å². The van der Waals surface area contributed by atoms with Gasteiger partial charge in [-0.2, -0.15) is 9.61 Å². The van der Waals surface area contributed by atoms with Gasteiger partial charge in [0, 0.05) is 28.8 Å². The average molecular weight is 577 g/mol. The molecule has 0 atom stereocenters. The topological polar surface area (TPSA) is 74.5 Å². The molecule has 0 unspecified atom stereocenters. The number of rotatable bonds is 7. The summed E-state index contributed by atoms with van der Waals surface area (Å²) in [6.07, 6.45) is 24.7. The number of aliphatic hydroxyl groups is 1. The van der Waals surface area contributed by atoms with Crippen molar-refractivity contribution in [3.8, 4) is 0 Å². The van der Waals surface area contributed by atoms with Crippen LogP contribution in [0.5, 0.6) is 0 Å². The summed E-state index contributed by atoms with van der Waals surface area (Å²) >= 11 is 5.04. The lowest BCUT2D eigenvalue weighted by Gasteiger charge is -2.12. The van der Waals surface area contributed by atoms with Gasteiger partial charge in [-0.05, 0) is 71.9 Å². The van der Waals surface area contributed by atoms with Crippen molar-refractivity contribution in [2.75, 3.05) is 18.5 Å². The van der Waals surface area contributed by atoms with Gasteiger partial charge >= 0.3 is 0 Å². The van der Waals surface area contributed by atoms with Crippen molar-refractivity contribution in [2.45, 2.75) is 24.7 Å². The number of anilines is 2. The van der Waals surface area contributed by atoms with Gasteiger partial charge in [-0.3, -0.25) is 4.72 Å². The molecule has 3 aromatic rings. The minimum absolute atomic E-state index is 0.119. The third-order valence-corrected chi connectivity index (χ3v) is 6.83. The summed E-state index contributed by atoms with van der Waals surface area (Å²) in [5, 5.41) is 16.8. The van der Waals surface area contributed by atoms with Crippen molar-refractivity contribution < 1.29 is 5.11 Å². The fraction of sp³-hybridized carbons (Fsp3) is 0.172. The Bertz CT molecular complexity index is 1380. The summed E-state index contributed by atoms with van der Waals surface area (Å²) in [6.45, 7) is 2.81. The molecule has 2 aliphatic carbocycles. The Kier molecular flexibility index (Phi) is 10.1. The number of aromatic nitrogens is 3. The molecule has 1 aromatic carbocycles. The summed E-state index contributed by atoms with van der Waals surface area (Å²) in [5.74, 6) is 0.831. The predicted octanol–water partition coefficient (Wildman–Crippen LogP) is 7.17. The molecule has 2 aromatic heterocycles. The predicted molar refractivity (Wildman–Crippen MR) is 159 cm³/mol. The van der Waals surface area contributed by atoms with E-state index in [9.17, 15) is 0 Å². The summed E-state index contributed by atoms with van der Waals surface area (Å²) in [4.78, 5) is 5.86. The van der Waals surface area contributed by atoms with Gasteiger partial charge in [-0.15, -0.1) is 0 Å². The number of nitrogens with one attached hydrogen (secondary N) is 2. The van der Waals surface area contributed by atoms with E-state index in [1.165, 1.54) is 17.5 Å². The van der Waals surface area contributed by atoms with E-state index >= 15 is 0 Å². The van der Waals surface area contributed by atoms with Crippen LogP contribution >= 0.6 is 27.9 Å². The highest BCUT2D eigenvalue weighted by atomic mass is 79.9. The molecule has 2 heterocycles. The van der Waals surface area contributed by atoms with E-state index < -0.39 is 0 Å². The second kappa shape index (κ2) is 13.9. The molecule has 6 nitrogen and oxygen atoms in total. The van der Waals surface area contributed by atoms with E-state index in [0.29, 0.717) is 6.54 Å². The van der Waals surface area contributed by atoms with Crippen molar-refractivity contribution in [3.63, 3.8) is 0 Å². The largest absolute Gasteiger partial charge is 0.395 e. The molecule has 37 heavy (non-hydrogen) atoms. The Balaban J connectivity index is 0.000000342. The highest BCUT2D eigenvalue weighted by Gasteiger charge is 2.12. The first-order valence-electron chi connectivity index (χ1n) is 12.1. The highest BCUT2D eigenvalue weighted by molar-refractivity contribution is 9.10. The molecule has 5 rings (SSSR count). The van der Waals surface area contributed by atoms with E-state index in [2.05, 4.69) is 98.8 Å². The van der Waals surface area contributed by atoms with Crippen LogP contribution in [0.15, 0.2) is 112 Å². The monoisotopic (exact) mass is 575 g/mol. The molecule has 0 spiro atoms. The van der Waals surface area contributed by atoms with Gasteiger partial charge in [0.05, 0.1) is 23.0 Å². The Morgan fingerprint density at radius 3 is 2.76 bits per heavy atom. The minimum Gasteiger partial charge on any atom is -0.395 e. The van der Waals surface area contributed by atoms with E-state index in [4.69, 9.17) is 10.1 Å². The van der Waals surface area contributed by atoms with Gasteiger partial charge < -0.3 is 10.4 Å². The Morgan fingerprint density at radius 2 is 1.92 bits per heavy atom. The van der Waals surface area contributed by atoms with Crippen LogP contribution < -0.4 is 10.0 Å². The van der Waals surface area contributed by atoms with Crippen molar-refractivity contribution >= 4 is 50.6 Å². The van der Waals surface area contributed by atoms with Crippen LogP contribution in [-0.2, 0) is 0 Å². The standard InChI is InChI=1S/C21H20BrN5OS.C8H10/c22-18-14-23-27-20(25-16-7-9-17(10-8-16)29-24-11-12-28)13-19(26-21(18)27)15-5-3-1-2-4-6-15;1-8-6-4-2-3-5-7-8/h1,3-10,13-14,24-25,28H,2,11-12H2;2-6H,7H2,1H3. The van der Waals surface area contributed by atoms with Gasteiger partial charge in [-0.1, -0.05) is 66.3 Å². The molecular formula is C29H30BrN5OS. The van der Waals surface area contributed by atoms with E-state index in [1.54, 1.807) is 10.7 Å². The number of benzene rings is 1. The first kappa shape index (κ1) is 26.9. The lowest BCUT2D eigenvalue weighted by Crippen LogP contribution is -2.08. The van der Waals surface area contributed by atoms with Crippen molar-refractivity contribution in [1.82, 2.24) is 19.3 Å². The zero-order valence-corrected chi connectivity index (χ0v) is 23.0. The number of nitrogens with zero attached hydrogens (tertiary/aromatic N) is 3. The third-order valence-electron chi connectivity index (χ3n) is 5.42. The molecule has 0 aliphatic heterocycles. The lowest BCUT2D eigenvalue weighted by atomic mass is 10.1. The smallest absolute Gasteiger partial charge is 0.172 e. The first-order chi connectivity index (χ1) is 18.1. The molecule has 0 amide bonds. The Morgan fingerprint density at radius 1 is 1.05 bits per heavy atom. The summed E-state index contributed by atoms with van der Waals surface area (Å²) in [7, 11) is 0. The molecule has 190 valence electrons. The third kappa shape index (κ3) is 7.90. The SMILES string of the molecule is CC1=CC=CC=CC1.OCCNSc1ccc(Nc2cc(C3=CC=CCC=C3)nc3c(Br)cnn23)cc1. The summed E-state index contributed by atoms with van der Waals surface area (Å²) in [5.41, 5.74) is 5.07. The molecule has 8 heteroatoms. The maximum absolute atomic E-state index is 8.86. The molecular weight excluding hydrogens is 546 g/mol. The fourth-order valence-electron chi connectivity index (χ4n) is 3.54. The lowest BCUT2D eigenvalue weighted by molar-refractivity contribution is 0.302. The normalized spacial score (nSPS) is 14.5. The van der Waals surface area contributed by atoms with Gasteiger partial charge in [0.25, 0.3) is 0 Å². The second-order valence-electron chi connectivity index (χ2n) is 8.34. The summed E-state index contributed by atoms with van der Waals surface area (Å²) < 4.78 is 5.73. The van der Waals surface area contributed by atoms with Crippen molar-refractivity contribution in [1.29, 1.82) is 0 Å². The van der Waals surface area contributed by atoms with Crippen molar-refractivity contribution in [3.05, 3.63) is 113 Å². The second-order valence-corrected chi connectivity index (χ2v) is 10.2. The van der Waals surface area contributed by atoms with Crippen LogP contribution in [0, 0.1) is 0 Å². The number of aliphatic hydroxyl groups excluding tert-OH is 1. The number of halogens is 1. The van der Waals surface area contributed by atoms with Crippen LogP contribution in [0.2, 0.25) is 0 Å². The quantitative estimate of drug-likeness (QED) is 0.205. The van der Waals surface area contributed by atoms with E-state index in [1.807, 2.05) is 30.3 Å². The Hall–Kier alpha value is -3.17. The number of allylic oxidation sites excluding steroid dienone is 12. The summed E-state index contributed by atoms with van der Waals surface area (Å²) in [6, 6.07) is 10.1. The number of hydrogen-bond donors (Lipinski definition) is 3. The molecule has 0 saturated heterocycles. The Labute approximate surface area is 230 Å². The van der Waals surface area contributed by atoms with Crippen LogP contribution in [0.4, 0.5) is 11.5 Å². The maximum Gasteiger partial charge on any atom is 0.172 e. The maximum atomic E-state index is 8.86. The zero-order valence-electron chi connectivity index (χ0n) is 20.6. The molecule has 0 radical (unpaired) electrons. The molecule has 0 bridgehead atoms. The molecule has 2 aliphatic rings. The fourth-order valence-corrected chi connectivity index (χ4v) is 4.52. The molecule has 0 saturated carbocycles. The van der Waals surface area contributed by atoms with Gasteiger partial charge in [0.15, 0.2) is 5.65 Å².